The molecule has 0 spiro atoms. The molecule has 0 aliphatic carbocycles. The molecule has 0 atom stereocenters. The van der Waals surface area contributed by atoms with E-state index in [-0.39, 0.29) is 0 Å². The van der Waals surface area contributed by atoms with Crippen molar-refractivity contribution >= 4 is 33.6 Å². The molecule has 5 nitrogen and oxygen atoms in total. The van der Waals surface area contributed by atoms with Gasteiger partial charge in [0.2, 0.25) is 0 Å². The SMILES string of the molecule is Cc1cc(Br)ccc1Oc1c(C)c(C)c(NC(=O)NC(=O)c2c(F)cccc2F)c(C)c1C. The minimum Gasteiger partial charge on any atom is -0.457 e. The van der Waals surface area contributed by atoms with Crippen molar-refractivity contribution in [3.8, 4) is 11.5 Å². The van der Waals surface area contributed by atoms with Gasteiger partial charge < -0.3 is 10.1 Å². The number of hydrogen-bond donors (Lipinski definition) is 2. The van der Waals surface area contributed by atoms with Gasteiger partial charge in [0.25, 0.3) is 5.91 Å². The molecule has 0 fully saturated rings. The number of carbonyl (C=O) groups is 2. The van der Waals surface area contributed by atoms with Gasteiger partial charge in [-0.2, -0.15) is 0 Å². The number of nitrogens with one attached hydrogen (secondary N) is 2. The Kier molecular flexibility index (Phi) is 7.17. The fraction of sp³-hybridized carbons (Fsp3) is 0.200. The average Bonchev–Trinajstić information content (AvgIpc) is 2.74. The van der Waals surface area contributed by atoms with Crippen LogP contribution in [-0.2, 0) is 0 Å². The standard InChI is InChI=1S/C25H23BrF2N2O3/c1-12-11-17(26)9-10-20(12)33-23-15(4)13(2)22(14(3)16(23)5)29-25(32)30-24(31)21-18(27)7-6-8-19(21)28/h6-11H,1-5H3,(H2,29,30,31,32). The number of halogens is 3. The van der Waals surface area contributed by atoms with Crippen LogP contribution < -0.4 is 15.4 Å². The van der Waals surface area contributed by atoms with Gasteiger partial charge in [-0.25, -0.2) is 13.6 Å². The number of amides is 3. The second-order valence-corrected chi connectivity index (χ2v) is 8.64. The van der Waals surface area contributed by atoms with Crippen molar-refractivity contribution in [1.29, 1.82) is 0 Å². The number of carbonyl (C=O) groups excluding carboxylic acids is 2. The lowest BCUT2D eigenvalue weighted by atomic mass is 9.97. The monoisotopic (exact) mass is 516 g/mol. The molecule has 3 aromatic carbocycles. The zero-order valence-electron chi connectivity index (χ0n) is 18.8. The molecule has 2 N–H and O–H groups in total. The number of anilines is 1. The van der Waals surface area contributed by atoms with Gasteiger partial charge in [0.05, 0.1) is 0 Å². The van der Waals surface area contributed by atoms with Crippen molar-refractivity contribution in [2.24, 2.45) is 0 Å². The third-order valence-electron chi connectivity index (χ3n) is 5.56. The highest BCUT2D eigenvalue weighted by Gasteiger charge is 2.22. The van der Waals surface area contributed by atoms with Crippen LogP contribution in [0.4, 0.5) is 19.3 Å². The van der Waals surface area contributed by atoms with Crippen LogP contribution in [0.1, 0.15) is 38.2 Å². The summed E-state index contributed by atoms with van der Waals surface area (Å²) in [5, 5.41) is 4.61. The Morgan fingerprint density at radius 3 is 2.00 bits per heavy atom. The van der Waals surface area contributed by atoms with E-state index in [4.69, 9.17) is 4.74 Å². The van der Waals surface area contributed by atoms with E-state index >= 15 is 0 Å². The molecule has 0 radical (unpaired) electrons. The van der Waals surface area contributed by atoms with E-state index in [9.17, 15) is 18.4 Å². The van der Waals surface area contributed by atoms with Crippen LogP contribution in [0.3, 0.4) is 0 Å². The lowest BCUT2D eigenvalue weighted by Crippen LogP contribution is -2.35. The van der Waals surface area contributed by atoms with Gasteiger partial charge in [-0.15, -0.1) is 0 Å². The van der Waals surface area contributed by atoms with Gasteiger partial charge >= 0.3 is 6.03 Å². The third kappa shape index (κ3) is 5.06. The minimum atomic E-state index is -1.17. The highest BCUT2D eigenvalue weighted by molar-refractivity contribution is 9.10. The van der Waals surface area contributed by atoms with Gasteiger partial charge in [0.15, 0.2) is 0 Å². The number of ether oxygens (including phenoxy) is 1. The molecule has 0 saturated heterocycles. The first-order valence-electron chi connectivity index (χ1n) is 10.1. The maximum absolute atomic E-state index is 13.8. The lowest BCUT2D eigenvalue weighted by molar-refractivity contribution is 0.0959. The van der Waals surface area contributed by atoms with E-state index in [0.717, 1.165) is 50.5 Å². The molecule has 3 aromatic rings. The molecule has 172 valence electrons. The van der Waals surface area contributed by atoms with E-state index in [1.165, 1.54) is 0 Å². The summed E-state index contributed by atoms with van der Waals surface area (Å²) in [4.78, 5) is 24.7. The molecule has 0 saturated carbocycles. The summed E-state index contributed by atoms with van der Waals surface area (Å²) in [6, 6.07) is 7.85. The normalized spacial score (nSPS) is 10.7. The molecular formula is C25H23BrF2N2O3. The molecule has 0 heterocycles. The van der Waals surface area contributed by atoms with Gasteiger partial charge in [-0.1, -0.05) is 22.0 Å². The van der Waals surface area contributed by atoms with Gasteiger partial charge in [0, 0.05) is 10.2 Å². The number of hydrogen-bond acceptors (Lipinski definition) is 3. The molecule has 0 aromatic heterocycles. The summed E-state index contributed by atoms with van der Waals surface area (Å²) in [5.41, 5.74) is 3.72. The number of aryl methyl sites for hydroxylation is 1. The Labute approximate surface area is 199 Å². The van der Waals surface area contributed by atoms with Crippen LogP contribution in [0.25, 0.3) is 0 Å². The Balaban J connectivity index is 1.87. The summed E-state index contributed by atoms with van der Waals surface area (Å²) >= 11 is 3.44. The quantitative estimate of drug-likeness (QED) is 0.391. The molecule has 33 heavy (non-hydrogen) atoms. The molecule has 3 rings (SSSR count). The van der Waals surface area contributed by atoms with Crippen molar-refractivity contribution in [3.05, 3.63) is 85.9 Å². The second kappa shape index (κ2) is 9.70. The number of benzene rings is 3. The minimum absolute atomic E-state index is 0.490. The van der Waals surface area contributed by atoms with Crippen LogP contribution in [-0.4, -0.2) is 11.9 Å². The van der Waals surface area contributed by atoms with E-state index in [1.54, 1.807) is 0 Å². The van der Waals surface area contributed by atoms with Crippen molar-refractivity contribution in [2.45, 2.75) is 34.6 Å². The Morgan fingerprint density at radius 1 is 0.879 bits per heavy atom. The fourth-order valence-corrected chi connectivity index (χ4v) is 3.96. The summed E-state index contributed by atoms with van der Waals surface area (Å²) in [6.45, 7) is 9.32. The molecule has 0 unspecified atom stereocenters. The number of rotatable bonds is 4. The van der Waals surface area contributed by atoms with Crippen LogP contribution in [0.5, 0.6) is 11.5 Å². The smallest absolute Gasteiger partial charge is 0.326 e. The first-order valence-corrected chi connectivity index (χ1v) is 10.9. The van der Waals surface area contributed by atoms with Crippen molar-refractivity contribution in [2.75, 3.05) is 5.32 Å². The van der Waals surface area contributed by atoms with Gasteiger partial charge in [0.1, 0.15) is 28.7 Å². The molecule has 8 heteroatoms. The van der Waals surface area contributed by atoms with Gasteiger partial charge in [-0.3, -0.25) is 10.1 Å². The number of urea groups is 1. The fourth-order valence-electron chi connectivity index (χ4n) is 3.48. The van der Waals surface area contributed by atoms with E-state index < -0.39 is 29.1 Å². The van der Waals surface area contributed by atoms with Crippen molar-refractivity contribution < 1.29 is 23.1 Å². The first kappa shape index (κ1) is 24.4. The molecular weight excluding hydrogens is 494 g/mol. The average molecular weight is 517 g/mol. The maximum atomic E-state index is 13.8. The Bertz CT molecular complexity index is 1230. The van der Waals surface area contributed by atoms with Crippen LogP contribution in [0.15, 0.2) is 40.9 Å². The molecule has 3 amide bonds. The second-order valence-electron chi connectivity index (χ2n) is 7.72. The Hall–Kier alpha value is -3.26. The Morgan fingerprint density at radius 2 is 1.45 bits per heavy atom. The van der Waals surface area contributed by atoms with E-state index in [0.29, 0.717) is 17.2 Å². The maximum Gasteiger partial charge on any atom is 0.326 e. The van der Waals surface area contributed by atoms with Crippen molar-refractivity contribution in [1.82, 2.24) is 5.32 Å². The number of imide groups is 1. The first-order chi connectivity index (χ1) is 15.5. The summed E-state index contributed by atoms with van der Waals surface area (Å²) in [6.07, 6.45) is 0. The third-order valence-corrected chi connectivity index (χ3v) is 6.05. The zero-order chi connectivity index (χ0) is 24.4. The van der Waals surface area contributed by atoms with Gasteiger partial charge in [-0.05, 0) is 92.8 Å². The van der Waals surface area contributed by atoms with Crippen molar-refractivity contribution in [3.63, 3.8) is 0 Å². The lowest BCUT2D eigenvalue weighted by Gasteiger charge is -2.21. The predicted molar refractivity (Wildman–Crippen MR) is 127 cm³/mol. The van der Waals surface area contributed by atoms with E-state index in [1.807, 2.05) is 58.1 Å². The molecule has 0 bridgehead atoms. The predicted octanol–water partition coefficient (Wildman–Crippen LogP) is 7.02. The zero-order valence-corrected chi connectivity index (χ0v) is 20.4. The van der Waals surface area contributed by atoms with E-state index in [2.05, 4.69) is 21.2 Å². The summed E-state index contributed by atoms with van der Waals surface area (Å²) in [5.74, 6) is -1.89. The topological polar surface area (TPSA) is 67.4 Å². The molecule has 0 aliphatic heterocycles. The molecule has 0 aliphatic rings. The highest BCUT2D eigenvalue weighted by Crippen LogP contribution is 2.39. The summed E-state index contributed by atoms with van der Waals surface area (Å²) in [7, 11) is 0. The van der Waals surface area contributed by atoms with Crippen LogP contribution in [0, 0.1) is 46.3 Å². The largest absolute Gasteiger partial charge is 0.457 e. The summed E-state index contributed by atoms with van der Waals surface area (Å²) < 4.78 is 34.8. The van der Waals surface area contributed by atoms with Crippen LogP contribution in [0.2, 0.25) is 0 Å². The van der Waals surface area contributed by atoms with Crippen LogP contribution >= 0.6 is 15.9 Å². The highest BCUT2D eigenvalue weighted by atomic mass is 79.9.